The van der Waals surface area contributed by atoms with Crippen LogP contribution in [0.4, 0.5) is 5.69 Å². The highest BCUT2D eigenvalue weighted by molar-refractivity contribution is 5.47. The molecule has 2 aromatic rings. The normalized spacial score (nSPS) is 9.44. The molecule has 0 amide bonds. The van der Waals surface area contributed by atoms with Crippen LogP contribution in [0.2, 0.25) is 0 Å². The van der Waals surface area contributed by atoms with E-state index in [4.69, 9.17) is 10.8 Å². The van der Waals surface area contributed by atoms with Crippen LogP contribution in [0.25, 0.3) is 0 Å². The third kappa shape index (κ3) is 4.01. The topological polar surface area (TPSA) is 66.5 Å². The first-order chi connectivity index (χ1) is 8.54. The van der Waals surface area contributed by atoms with E-state index in [2.05, 4.69) is 0 Å². The number of nitrogen functional groups attached to an aromatic ring is 1. The number of hydrogen-bond donors (Lipinski definition) is 3. The molecule has 0 heterocycles. The molecular weight excluding hydrogens is 226 g/mol. The number of phenols is 2. The molecule has 2 aromatic carbocycles. The van der Waals surface area contributed by atoms with Crippen molar-refractivity contribution in [2.45, 2.75) is 20.3 Å². The van der Waals surface area contributed by atoms with E-state index in [9.17, 15) is 5.11 Å². The second-order valence-electron chi connectivity index (χ2n) is 4.03. The van der Waals surface area contributed by atoms with Gasteiger partial charge >= 0.3 is 0 Å². The molecule has 18 heavy (non-hydrogen) atoms. The number of phenolic OH excluding ortho intramolecular Hbond substituents is 2. The molecule has 0 unspecified atom stereocenters. The number of aryl methyl sites for hydroxylation is 2. The fourth-order valence-corrected chi connectivity index (χ4v) is 1.44. The Kier molecular flexibility index (Phi) is 5.06. The first-order valence-electron chi connectivity index (χ1n) is 5.86. The van der Waals surface area contributed by atoms with Crippen molar-refractivity contribution in [1.29, 1.82) is 0 Å². The van der Waals surface area contributed by atoms with Crippen molar-refractivity contribution in [2.75, 3.05) is 5.73 Å². The Balaban J connectivity index is 0.000000184. The van der Waals surface area contributed by atoms with E-state index in [-0.39, 0.29) is 0 Å². The van der Waals surface area contributed by atoms with E-state index in [1.54, 1.807) is 18.2 Å². The number of hydrogen-bond acceptors (Lipinski definition) is 3. The minimum atomic E-state index is 0.294. The molecular formula is C15H19NO2. The van der Waals surface area contributed by atoms with Gasteiger partial charge in [-0.25, -0.2) is 0 Å². The Hall–Kier alpha value is -2.16. The molecule has 0 fully saturated rings. The van der Waals surface area contributed by atoms with E-state index < -0.39 is 0 Å². The van der Waals surface area contributed by atoms with Crippen LogP contribution in [0.1, 0.15) is 18.1 Å². The maximum absolute atomic E-state index is 9.21. The predicted octanol–water partition coefficient (Wildman–Crippen LogP) is 3.24. The molecule has 0 saturated heterocycles. The minimum absolute atomic E-state index is 0.294. The third-order valence-corrected chi connectivity index (χ3v) is 2.61. The fraction of sp³-hybridized carbons (Fsp3) is 0.200. The number of para-hydroxylation sites is 1. The first kappa shape index (κ1) is 13.9. The highest BCUT2D eigenvalue weighted by Gasteiger charge is 1.96. The smallest absolute Gasteiger partial charge is 0.120 e. The second kappa shape index (κ2) is 6.55. The third-order valence-electron chi connectivity index (χ3n) is 2.61. The van der Waals surface area contributed by atoms with Gasteiger partial charge < -0.3 is 15.9 Å². The van der Waals surface area contributed by atoms with Gasteiger partial charge in [0.2, 0.25) is 0 Å². The lowest BCUT2D eigenvalue weighted by atomic mass is 10.1. The highest BCUT2D eigenvalue weighted by Crippen LogP contribution is 2.19. The molecule has 0 aliphatic carbocycles. The van der Waals surface area contributed by atoms with E-state index in [1.807, 2.05) is 38.1 Å². The van der Waals surface area contributed by atoms with Crippen LogP contribution in [0.15, 0.2) is 42.5 Å². The molecule has 0 aliphatic rings. The molecule has 3 nitrogen and oxygen atoms in total. The van der Waals surface area contributed by atoms with Crippen LogP contribution in [-0.2, 0) is 6.42 Å². The van der Waals surface area contributed by atoms with Crippen LogP contribution in [-0.4, -0.2) is 10.2 Å². The van der Waals surface area contributed by atoms with E-state index in [0.29, 0.717) is 17.2 Å². The fourth-order valence-electron chi connectivity index (χ4n) is 1.44. The lowest BCUT2D eigenvalue weighted by molar-refractivity contribution is 0.469. The average molecular weight is 245 g/mol. The number of nitrogens with two attached hydrogens (primary N) is 1. The molecule has 0 radical (unpaired) electrons. The number of aromatic hydroxyl groups is 2. The summed E-state index contributed by atoms with van der Waals surface area (Å²) in [5.41, 5.74) is 7.89. The maximum Gasteiger partial charge on any atom is 0.120 e. The zero-order valence-electron chi connectivity index (χ0n) is 10.7. The molecule has 0 spiro atoms. The number of benzene rings is 2. The van der Waals surface area contributed by atoms with Crippen LogP contribution >= 0.6 is 0 Å². The molecule has 0 bridgehead atoms. The van der Waals surface area contributed by atoms with Crippen LogP contribution in [0.5, 0.6) is 11.5 Å². The summed E-state index contributed by atoms with van der Waals surface area (Å²) in [7, 11) is 0. The van der Waals surface area contributed by atoms with Gasteiger partial charge in [-0.1, -0.05) is 31.2 Å². The van der Waals surface area contributed by atoms with Crippen LogP contribution < -0.4 is 5.73 Å². The molecule has 0 saturated carbocycles. The quantitative estimate of drug-likeness (QED) is 0.676. The van der Waals surface area contributed by atoms with Gasteiger partial charge in [0, 0.05) is 11.8 Å². The maximum atomic E-state index is 9.21. The molecule has 0 atom stereocenters. The summed E-state index contributed by atoms with van der Waals surface area (Å²) in [6, 6.07) is 12.4. The average Bonchev–Trinajstić information content (AvgIpc) is 2.34. The molecule has 4 N–H and O–H groups in total. The molecule has 2 rings (SSSR count). The van der Waals surface area contributed by atoms with Crippen LogP contribution in [0, 0.1) is 6.92 Å². The van der Waals surface area contributed by atoms with Crippen molar-refractivity contribution in [1.82, 2.24) is 0 Å². The monoisotopic (exact) mass is 245 g/mol. The Bertz CT molecular complexity index is 489. The Morgan fingerprint density at radius 2 is 1.67 bits per heavy atom. The SMILES string of the molecule is CCc1ccc(N)cc1O.Cc1ccccc1O. The standard InChI is InChI=1S/C8H11NO.C7H8O/c1-2-6-3-4-7(9)5-8(6)10;1-6-4-2-3-5-7(6)8/h3-5,10H,2,9H2,1H3;2-5,8H,1H3. The minimum Gasteiger partial charge on any atom is -0.508 e. The summed E-state index contributed by atoms with van der Waals surface area (Å²) >= 11 is 0. The van der Waals surface area contributed by atoms with E-state index in [0.717, 1.165) is 17.5 Å². The van der Waals surface area contributed by atoms with Gasteiger partial charge in [-0.05, 0) is 36.6 Å². The first-order valence-corrected chi connectivity index (χ1v) is 5.86. The Labute approximate surface area is 108 Å². The Morgan fingerprint density at radius 1 is 1.00 bits per heavy atom. The molecule has 96 valence electrons. The molecule has 0 aromatic heterocycles. The summed E-state index contributed by atoms with van der Waals surface area (Å²) in [4.78, 5) is 0. The number of rotatable bonds is 1. The second-order valence-corrected chi connectivity index (χ2v) is 4.03. The zero-order valence-corrected chi connectivity index (χ0v) is 10.7. The van der Waals surface area contributed by atoms with E-state index >= 15 is 0 Å². The Morgan fingerprint density at radius 3 is 2.11 bits per heavy atom. The summed E-state index contributed by atoms with van der Waals surface area (Å²) in [6.07, 6.45) is 0.839. The van der Waals surface area contributed by atoms with Gasteiger partial charge in [0.1, 0.15) is 11.5 Å². The zero-order chi connectivity index (χ0) is 13.5. The van der Waals surface area contributed by atoms with Crippen LogP contribution in [0.3, 0.4) is 0 Å². The number of anilines is 1. The summed E-state index contributed by atoms with van der Waals surface area (Å²) in [6.45, 7) is 3.86. The largest absolute Gasteiger partial charge is 0.508 e. The molecule has 0 aliphatic heterocycles. The van der Waals surface area contributed by atoms with Gasteiger partial charge in [-0.3, -0.25) is 0 Å². The molecule has 3 heteroatoms. The van der Waals surface area contributed by atoms with Gasteiger partial charge in [0.05, 0.1) is 0 Å². The van der Waals surface area contributed by atoms with Gasteiger partial charge in [-0.2, -0.15) is 0 Å². The lowest BCUT2D eigenvalue weighted by Crippen LogP contribution is -1.86. The highest BCUT2D eigenvalue weighted by atomic mass is 16.3. The van der Waals surface area contributed by atoms with Crippen molar-refractivity contribution in [3.63, 3.8) is 0 Å². The van der Waals surface area contributed by atoms with Crippen molar-refractivity contribution < 1.29 is 10.2 Å². The van der Waals surface area contributed by atoms with Crippen molar-refractivity contribution >= 4 is 5.69 Å². The summed E-state index contributed by atoms with van der Waals surface area (Å²) in [5.74, 6) is 0.662. The van der Waals surface area contributed by atoms with Gasteiger partial charge in [-0.15, -0.1) is 0 Å². The lowest BCUT2D eigenvalue weighted by Gasteiger charge is -2.00. The van der Waals surface area contributed by atoms with Gasteiger partial charge in [0.15, 0.2) is 0 Å². The summed E-state index contributed by atoms with van der Waals surface area (Å²) < 4.78 is 0. The van der Waals surface area contributed by atoms with Crippen molar-refractivity contribution in [3.8, 4) is 11.5 Å². The van der Waals surface area contributed by atoms with E-state index in [1.165, 1.54) is 0 Å². The van der Waals surface area contributed by atoms with Crippen molar-refractivity contribution in [3.05, 3.63) is 53.6 Å². The van der Waals surface area contributed by atoms with Gasteiger partial charge in [0.25, 0.3) is 0 Å². The van der Waals surface area contributed by atoms with Crippen molar-refractivity contribution in [2.24, 2.45) is 0 Å². The summed E-state index contributed by atoms with van der Waals surface area (Å²) in [5, 5.41) is 18.1. The predicted molar refractivity (Wildman–Crippen MR) is 74.7 cm³/mol.